The zero-order chi connectivity index (χ0) is 14.4. The lowest BCUT2D eigenvalue weighted by molar-refractivity contribution is 0.524. The van der Waals surface area contributed by atoms with Crippen LogP contribution in [0.4, 0.5) is 5.82 Å². The van der Waals surface area contributed by atoms with E-state index in [1.165, 1.54) is 5.56 Å². The normalized spacial score (nSPS) is 11.9. The SMILES string of the molecule is Cc1ccc(-c2nc(C(C)(C)C)n(C)c2N)c(Br)c1. The third-order valence-electron chi connectivity index (χ3n) is 3.19. The van der Waals surface area contributed by atoms with E-state index in [1.807, 2.05) is 11.6 Å². The molecule has 0 aliphatic carbocycles. The van der Waals surface area contributed by atoms with E-state index in [0.717, 1.165) is 21.6 Å². The number of hydrogen-bond donors (Lipinski definition) is 1. The van der Waals surface area contributed by atoms with Gasteiger partial charge in [0.1, 0.15) is 17.3 Å². The second-order valence-electron chi connectivity index (χ2n) is 5.96. The highest BCUT2D eigenvalue weighted by atomic mass is 79.9. The molecule has 1 aromatic heterocycles. The molecule has 0 bridgehead atoms. The van der Waals surface area contributed by atoms with E-state index in [2.05, 4.69) is 61.8 Å². The van der Waals surface area contributed by atoms with Crippen molar-refractivity contribution < 1.29 is 0 Å². The summed E-state index contributed by atoms with van der Waals surface area (Å²) in [6.07, 6.45) is 0. The van der Waals surface area contributed by atoms with Crippen molar-refractivity contribution in [1.29, 1.82) is 0 Å². The molecule has 2 aromatic rings. The summed E-state index contributed by atoms with van der Waals surface area (Å²) < 4.78 is 3.00. The second-order valence-corrected chi connectivity index (χ2v) is 6.82. The van der Waals surface area contributed by atoms with Crippen molar-refractivity contribution in [2.24, 2.45) is 7.05 Å². The number of nitrogen functional groups attached to an aromatic ring is 1. The van der Waals surface area contributed by atoms with Crippen molar-refractivity contribution in [3.63, 3.8) is 0 Å². The van der Waals surface area contributed by atoms with Crippen molar-refractivity contribution in [1.82, 2.24) is 9.55 Å². The van der Waals surface area contributed by atoms with Crippen LogP contribution in [0.1, 0.15) is 32.2 Å². The standard InChI is InChI=1S/C15H20BrN3/c1-9-6-7-10(11(16)8-9)12-13(17)19(5)14(18-12)15(2,3)4/h6-8H,17H2,1-5H3. The molecule has 1 aromatic carbocycles. The molecule has 0 unspecified atom stereocenters. The fourth-order valence-corrected chi connectivity index (χ4v) is 2.87. The summed E-state index contributed by atoms with van der Waals surface area (Å²) in [7, 11) is 1.97. The first kappa shape index (κ1) is 14.1. The minimum absolute atomic E-state index is 0.0295. The Morgan fingerprint density at radius 2 is 1.89 bits per heavy atom. The number of anilines is 1. The molecule has 0 fully saturated rings. The van der Waals surface area contributed by atoms with Gasteiger partial charge in [0.25, 0.3) is 0 Å². The fourth-order valence-electron chi connectivity index (χ4n) is 2.19. The quantitative estimate of drug-likeness (QED) is 0.861. The number of hydrogen-bond acceptors (Lipinski definition) is 2. The van der Waals surface area contributed by atoms with Gasteiger partial charge in [0.05, 0.1) is 0 Å². The number of halogens is 1. The van der Waals surface area contributed by atoms with Gasteiger partial charge in [0.15, 0.2) is 0 Å². The molecule has 0 amide bonds. The molecule has 0 radical (unpaired) electrons. The highest BCUT2D eigenvalue weighted by Gasteiger charge is 2.24. The molecule has 0 aliphatic heterocycles. The molecule has 0 atom stereocenters. The second kappa shape index (κ2) is 4.67. The molecule has 0 saturated carbocycles. The first-order valence-corrected chi connectivity index (χ1v) is 7.10. The van der Waals surface area contributed by atoms with Crippen LogP contribution in [0.5, 0.6) is 0 Å². The van der Waals surface area contributed by atoms with Gasteiger partial charge in [-0.3, -0.25) is 0 Å². The highest BCUT2D eigenvalue weighted by molar-refractivity contribution is 9.10. The van der Waals surface area contributed by atoms with Crippen molar-refractivity contribution in [2.75, 3.05) is 5.73 Å². The lowest BCUT2D eigenvalue weighted by Crippen LogP contribution is -2.17. The minimum Gasteiger partial charge on any atom is -0.383 e. The first-order valence-electron chi connectivity index (χ1n) is 6.31. The monoisotopic (exact) mass is 321 g/mol. The Kier molecular flexibility index (Phi) is 3.47. The lowest BCUT2D eigenvalue weighted by Gasteiger charge is -2.17. The molecule has 102 valence electrons. The molecule has 3 nitrogen and oxygen atoms in total. The summed E-state index contributed by atoms with van der Waals surface area (Å²) in [6, 6.07) is 6.22. The van der Waals surface area contributed by atoms with Crippen molar-refractivity contribution in [3.8, 4) is 11.3 Å². The van der Waals surface area contributed by atoms with Crippen LogP contribution in [0.15, 0.2) is 22.7 Å². The van der Waals surface area contributed by atoms with Crippen LogP contribution in [0, 0.1) is 6.92 Å². The number of aryl methyl sites for hydroxylation is 1. The molecule has 0 saturated heterocycles. The van der Waals surface area contributed by atoms with Crippen LogP contribution in [0.2, 0.25) is 0 Å². The number of rotatable bonds is 1. The molecule has 0 spiro atoms. The molecule has 19 heavy (non-hydrogen) atoms. The maximum atomic E-state index is 6.22. The van der Waals surface area contributed by atoms with Gasteiger partial charge in [0.2, 0.25) is 0 Å². The van der Waals surface area contributed by atoms with Crippen LogP contribution >= 0.6 is 15.9 Å². The first-order chi connectivity index (χ1) is 8.71. The maximum Gasteiger partial charge on any atom is 0.131 e. The summed E-state index contributed by atoms with van der Waals surface area (Å²) in [4.78, 5) is 4.75. The van der Waals surface area contributed by atoms with E-state index in [-0.39, 0.29) is 5.41 Å². The largest absolute Gasteiger partial charge is 0.383 e. The number of nitrogens with two attached hydrogens (primary N) is 1. The van der Waals surface area contributed by atoms with Gasteiger partial charge < -0.3 is 10.3 Å². The smallest absolute Gasteiger partial charge is 0.131 e. The van der Waals surface area contributed by atoms with Gasteiger partial charge >= 0.3 is 0 Å². The van der Waals surface area contributed by atoms with E-state index in [1.54, 1.807) is 0 Å². The van der Waals surface area contributed by atoms with Gasteiger partial charge in [-0.25, -0.2) is 4.98 Å². The molecular weight excluding hydrogens is 302 g/mol. The Hall–Kier alpha value is -1.29. The van der Waals surface area contributed by atoms with E-state index in [0.29, 0.717) is 5.82 Å². The molecule has 4 heteroatoms. The topological polar surface area (TPSA) is 43.8 Å². The van der Waals surface area contributed by atoms with Crippen LogP contribution < -0.4 is 5.73 Å². The zero-order valence-corrected chi connectivity index (χ0v) is 13.7. The van der Waals surface area contributed by atoms with E-state index >= 15 is 0 Å². The van der Waals surface area contributed by atoms with E-state index in [4.69, 9.17) is 10.7 Å². The Morgan fingerprint density at radius 3 is 2.37 bits per heavy atom. The Morgan fingerprint density at radius 1 is 1.26 bits per heavy atom. The summed E-state index contributed by atoms with van der Waals surface area (Å²) >= 11 is 3.60. The van der Waals surface area contributed by atoms with Gasteiger partial charge in [-0.05, 0) is 18.6 Å². The van der Waals surface area contributed by atoms with E-state index < -0.39 is 0 Å². The summed E-state index contributed by atoms with van der Waals surface area (Å²) in [6.45, 7) is 8.49. The van der Waals surface area contributed by atoms with Crippen molar-refractivity contribution in [3.05, 3.63) is 34.1 Å². The number of benzene rings is 1. The number of imidazole rings is 1. The molecule has 1 heterocycles. The Labute approximate surface area is 123 Å². The Balaban J connectivity index is 2.64. The lowest BCUT2D eigenvalue weighted by atomic mass is 9.96. The highest BCUT2D eigenvalue weighted by Crippen LogP contribution is 2.35. The summed E-state index contributed by atoms with van der Waals surface area (Å²) in [5.74, 6) is 1.70. The maximum absolute atomic E-state index is 6.22. The van der Waals surface area contributed by atoms with Crippen LogP contribution in [0.3, 0.4) is 0 Å². The fraction of sp³-hybridized carbons (Fsp3) is 0.400. The van der Waals surface area contributed by atoms with Gasteiger partial charge in [-0.15, -0.1) is 0 Å². The number of aromatic nitrogens is 2. The van der Waals surface area contributed by atoms with Crippen LogP contribution in [-0.4, -0.2) is 9.55 Å². The molecular formula is C15H20BrN3. The van der Waals surface area contributed by atoms with Gasteiger partial charge in [-0.2, -0.15) is 0 Å². The van der Waals surface area contributed by atoms with Crippen molar-refractivity contribution >= 4 is 21.7 Å². The van der Waals surface area contributed by atoms with Gasteiger partial charge in [-0.1, -0.05) is 48.8 Å². The molecule has 2 rings (SSSR count). The Bertz CT molecular complexity index is 621. The molecule has 2 N–H and O–H groups in total. The third-order valence-corrected chi connectivity index (χ3v) is 3.85. The van der Waals surface area contributed by atoms with Crippen LogP contribution in [-0.2, 0) is 12.5 Å². The minimum atomic E-state index is -0.0295. The average Bonchev–Trinajstić information content (AvgIpc) is 2.56. The predicted molar refractivity (Wildman–Crippen MR) is 84.2 cm³/mol. The predicted octanol–water partition coefficient (Wildman–Crippen LogP) is 4.04. The van der Waals surface area contributed by atoms with Crippen molar-refractivity contribution in [2.45, 2.75) is 33.1 Å². The summed E-state index contributed by atoms with van der Waals surface area (Å²) in [5, 5.41) is 0. The molecule has 0 aliphatic rings. The van der Waals surface area contributed by atoms with Crippen LogP contribution in [0.25, 0.3) is 11.3 Å². The summed E-state index contributed by atoms with van der Waals surface area (Å²) in [5.41, 5.74) is 9.28. The number of nitrogens with zero attached hydrogens (tertiary/aromatic N) is 2. The third kappa shape index (κ3) is 2.54. The van der Waals surface area contributed by atoms with E-state index in [9.17, 15) is 0 Å². The van der Waals surface area contributed by atoms with Gasteiger partial charge in [0, 0.05) is 22.5 Å². The average molecular weight is 322 g/mol. The zero-order valence-electron chi connectivity index (χ0n) is 12.1.